The van der Waals surface area contributed by atoms with Crippen LogP contribution in [0.5, 0.6) is 0 Å². The van der Waals surface area contributed by atoms with Crippen LogP contribution in [0.2, 0.25) is 0 Å². The second kappa shape index (κ2) is 4.19. The maximum Gasteiger partial charge on any atom is 0.0180 e. The summed E-state index contributed by atoms with van der Waals surface area (Å²) in [6, 6.07) is 1.29. The number of hydrogen-bond acceptors (Lipinski definition) is 2. The molecule has 1 aliphatic carbocycles. The van der Waals surface area contributed by atoms with E-state index < -0.39 is 0 Å². The van der Waals surface area contributed by atoms with Crippen LogP contribution in [0.4, 0.5) is 0 Å². The average molecular weight is 196 g/mol. The zero-order valence-corrected chi connectivity index (χ0v) is 9.58. The third-order valence-corrected chi connectivity index (χ3v) is 4.34. The summed E-state index contributed by atoms with van der Waals surface area (Å²) < 4.78 is 0. The van der Waals surface area contributed by atoms with Crippen molar-refractivity contribution in [1.82, 2.24) is 4.90 Å². The minimum Gasteiger partial charge on any atom is -0.326 e. The standard InChI is InChI=1S/C12H24N2/c1-9-3-4-12(7-10(9)2)14-6-5-11(13)8-14/h9-12H,3-8,13H2,1-2H3. The van der Waals surface area contributed by atoms with Gasteiger partial charge in [0.15, 0.2) is 0 Å². The lowest BCUT2D eigenvalue weighted by molar-refractivity contribution is 0.129. The molecule has 1 heterocycles. The van der Waals surface area contributed by atoms with Crippen molar-refractivity contribution in [3.63, 3.8) is 0 Å². The Kier molecular flexibility index (Phi) is 3.13. The number of nitrogens with two attached hydrogens (primary N) is 1. The van der Waals surface area contributed by atoms with Gasteiger partial charge in [-0.1, -0.05) is 13.8 Å². The molecule has 4 atom stereocenters. The van der Waals surface area contributed by atoms with Crippen LogP contribution >= 0.6 is 0 Å². The SMILES string of the molecule is CC1CCC(N2CCC(N)C2)CC1C. The van der Waals surface area contributed by atoms with Crippen LogP contribution in [0.1, 0.15) is 39.5 Å². The summed E-state index contributed by atoms with van der Waals surface area (Å²) in [4.78, 5) is 2.63. The molecule has 2 aliphatic rings. The molecule has 0 amide bonds. The van der Waals surface area contributed by atoms with E-state index in [2.05, 4.69) is 18.7 Å². The van der Waals surface area contributed by atoms with Crippen molar-refractivity contribution in [2.24, 2.45) is 17.6 Å². The Morgan fingerprint density at radius 2 is 1.86 bits per heavy atom. The van der Waals surface area contributed by atoms with Crippen molar-refractivity contribution in [1.29, 1.82) is 0 Å². The number of nitrogens with zero attached hydrogens (tertiary/aromatic N) is 1. The first-order chi connectivity index (χ1) is 6.66. The molecular weight excluding hydrogens is 172 g/mol. The van der Waals surface area contributed by atoms with E-state index in [0.29, 0.717) is 6.04 Å². The highest BCUT2D eigenvalue weighted by atomic mass is 15.2. The van der Waals surface area contributed by atoms with Crippen molar-refractivity contribution in [2.45, 2.75) is 51.6 Å². The van der Waals surface area contributed by atoms with Crippen LogP contribution in [0.3, 0.4) is 0 Å². The molecule has 82 valence electrons. The summed E-state index contributed by atoms with van der Waals surface area (Å²) in [6.07, 6.45) is 5.42. The molecule has 0 spiro atoms. The zero-order valence-electron chi connectivity index (χ0n) is 9.58. The van der Waals surface area contributed by atoms with Crippen LogP contribution in [0.15, 0.2) is 0 Å². The van der Waals surface area contributed by atoms with Crippen molar-refractivity contribution < 1.29 is 0 Å². The fourth-order valence-electron chi connectivity index (χ4n) is 3.00. The van der Waals surface area contributed by atoms with Gasteiger partial charge < -0.3 is 5.73 Å². The molecule has 2 fully saturated rings. The van der Waals surface area contributed by atoms with Gasteiger partial charge in [0.2, 0.25) is 0 Å². The Labute approximate surface area is 87.8 Å². The van der Waals surface area contributed by atoms with Gasteiger partial charge >= 0.3 is 0 Å². The molecule has 2 rings (SSSR count). The number of hydrogen-bond donors (Lipinski definition) is 1. The molecule has 0 radical (unpaired) electrons. The van der Waals surface area contributed by atoms with E-state index in [-0.39, 0.29) is 0 Å². The average Bonchev–Trinajstić information content (AvgIpc) is 2.57. The van der Waals surface area contributed by atoms with Gasteiger partial charge in [-0.2, -0.15) is 0 Å². The Balaban J connectivity index is 1.87. The van der Waals surface area contributed by atoms with Crippen LogP contribution in [-0.4, -0.2) is 30.1 Å². The second-order valence-electron chi connectivity index (χ2n) is 5.47. The Morgan fingerprint density at radius 3 is 2.43 bits per heavy atom. The summed E-state index contributed by atoms with van der Waals surface area (Å²) in [5.74, 6) is 1.84. The van der Waals surface area contributed by atoms with Gasteiger partial charge in [-0.25, -0.2) is 0 Å². The van der Waals surface area contributed by atoms with Gasteiger partial charge in [-0.15, -0.1) is 0 Å². The third-order valence-electron chi connectivity index (χ3n) is 4.34. The van der Waals surface area contributed by atoms with Gasteiger partial charge in [-0.05, 0) is 37.5 Å². The van der Waals surface area contributed by atoms with E-state index in [1.807, 2.05) is 0 Å². The molecule has 2 heteroatoms. The molecule has 0 bridgehead atoms. The van der Waals surface area contributed by atoms with Crippen molar-refractivity contribution >= 4 is 0 Å². The van der Waals surface area contributed by atoms with Crippen molar-refractivity contribution in [3.05, 3.63) is 0 Å². The molecule has 2 N–H and O–H groups in total. The molecule has 2 nitrogen and oxygen atoms in total. The lowest BCUT2D eigenvalue weighted by Gasteiger charge is -2.37. The van der Waals surface area contributed by atoms with E-state index in [0.717, 1.165) is 24.4 Å². The summed E-state index contributed by atoms with van der Waals surface area (Å²) in [6.45, 7) is 7.20. The topological polar surface area (TPSA) is 29.3 Å². The van der Waals surface area contributed by atoms with E-state index >= 15 is 0 Å². The largest absolute Gasteiger partial charge is 0.326 e. The highest BCUT2D eigenvalue weighted by Gasteiger charge is 2.31. The fraction of sp³-hybridized carbons (Fsp3) is 1.00. The molecular formula is C12H24N2. The first-order valence-corrected chi connectivity index (χ1v) is 6.16. The molecule has 1 aliphatic heterocycles. The molecule has 1 saturated carbocycles. The Morgan fingerprint density at radius 1 is 1.07 bits per heavy atom. The quantitative estimate of drug-likeness (QED) is 0.693. The molecule has 0 aromatic rings. The summed E-state index contributed by atoms with van der Waals surface area (Å²) in [7, 11) is 0. The maximum absolute atomic E-state index is 5.95. The smallest absolute Gasteiger partial charge is 0.0180 e. The third kappa shape index (κ3) is 2.12. The molecule has 0 aromatic heterocycles. The van der Waals surface area contributed by atoms with Crippen molar-refractivity contribution in [3.8, 4) is 0 Å². The fourth-order valence-corrected chi connectivity index (χ4v) is 3.00. The monoisotopic (exact) mass is 196 g/mol. The maximum atomic E-state index is 5.95. The predicted octanol–water partition coefficient (Wildman–Crippen LogP) is 1.84. The highest BCUT2D eigenvalue weighted by Crippen LogP contribution is 2.33. The predicted molar refractivity (Wildman–Crippen MR) is 60.1 cm³/mol. The molecule has 1 saturated heterocycles. The summed E-state index contributed by atoms with van der Waals surface area (Å²) in [5, 5.41) is 0. The second-order valence-corrected chi connectivity index (χ2v) is 5.47. The van der Waals surface area contributed by atoms with E-state index in [1.54, 1.807) is 0 Å². The Bertz CT molecular complexity index is 193. The number of likely N-dealkylation sites (tertiary alicyclic amines) is 1. The zero-order chi connectivity index (χ0) is 10.1. The minimum atomic E-state index is 0.449. The van der Waals surface area contributed by atoms with E-state index in [9.17, 15) is 0 Å². The van der Waals surface area contributed by atoms with E-state index in [1.165, 1.54) is 32.2 Å². The lowest BCUT2D eigenvalue weighted by Crippen LogP contribution is -2.40. The van der Waals surface area contributed by atoms with E-state index in [4.69, 9.17) is 5.73 Å². The van der Waals surface area contributed by atoms with Crippen LogP contribution in [0, 0.1) is 11.8 Å². The lowest BCUT2D eigenvalue weighted by atomic mass is 9.78. The highest BCUT2D eigenvalue weighted by molar-refractivity contribution is 4.87. The first-order valence-electron chi connectivity index (χ1n) is 6.16. The van der Waals surface area contributed by atoms with Gasteiger partial charge in [0, 0.05) is 25.2 Å². The Hall–Kier alpha value is -0.0800. The minimum absolute atomic E-state index is 0.449. The molecule has 4 unspecified atom stereocenters. The first kappa shape index (κ1) is 10.4. The van der Waals surface area contributed by atoms with Crippen LogP contribution < -0.4 is 5.73 Å². The van der Waals surface area contributed by atoms with Gasteiger partial charge in [-0.3, -0.25) is 4.90 Å². The van der Waals surface area contributed by atoms with Gasteiger partial charge in [0.25, 0.3) is 0 Å². The van der Waals surface area contributed by atoms with Gasteiger partial charge in [0.05, 0.1) is 0 Å². The normalized spacial score (nSPS) is 45.6. The van der Waals surface area contributed by atoms with Crippen LogP contribution in [-0.2, 0) is 0 Å². The van der Waals surface area contributed by atoms with Crippen LogP contribution in [0.25, 0.3) is 0 Å². The molecule has 0 aromatic carbocycles. The molecule has 14 heavy (non-hydrogen) atoms. The summed E-state index contributed by atoms with van der Waals surface area (Å²) >= 11 is 0. The van der Waals surface area contributed by atoms with Gasteiger partial charge in [0.1, 0.15) is 0 Å². The summed E-state index contributed by atoms with van der Waals surface area (Å²) in [5.41, 5.74) is 5.95. The number of rotatable bonds is 1. The van der Waals surface area contributed by atoms with Crippen molar-refractivity contribution in [2.75, 3.05) is 13.1 Å².